The number of rotatable bonds is 5. The van der Waals surface area contributed by atoms with Crippen LogP contribution in [-0.2, 0) is 6.54 Å². The van der Waals surface area contributed by atoms with Crippen LogP contribution in [0.5, 0.6) is 5.75 Å². The number of nitriles is 1. The number of allylic oxidation sites excluding steroid dienone is 1. The van der Waals surface area contributed by atoms with Gasteiger partial charge in [-0.1, -0.05) is 24.3 Å². The van der Waals surface area contributed by atoms with Crippen molar-refractivity contribution in [3.63, 3.8) is 0 Å². The van der Waals surface area contributed by atoms with Gasteiger partial charge >= 0.3 is 0 Å². The molecule has 0 saturated heterocycles. The number of hydrogen-bond donors (Lipinski definition) is 1. The third kappa shape index (κ3) is 3.90. The van der Waals surface area contributed by atoms with Gasteiger partial charge in [-0.05, 0) is 37.0 Å². The van der Waals surface area contributed by atoms with Crippen molar-refractivity contribution in [2.24, 2.45) is 0 Å². The molecule has 1 atom stereocenters. The maximum Gasteiger partial charge on any atom is 0.174 e. The van der Waals surface area contributed by atoms with E-state index in [1.165, 1.54) is 18.4 Å². The van der Waals surface area contributed by atoms with Crippen LogP contribution in [0.3, 0.4) is 0 Å². The third-order valence-electron chi connectivity index (χ3n) is 3.07. The van der Waals surface area contributed by atoms with E-state index in [0.29, 0.717) is 6.04 Å². The van der Waals surface area contributed by atoms with Gasteiger partial charge in [-0.3, -0.25) is 0 Å². The molecule has 1 unspecified atom stereocenters. The summed E-state index contributed by atoms with van der Waals surface area (Å²) in [5.74, 6) is 0.763. The van der Waals surface area contributed by atoms with Gasteiger partial charge in [0.1, 0.15) is 11.8 Å². The van der Waals surface area contributed by atoms with Crippen molar-refractivity contribution in [2.45, 2.75) is 31.8 Å². The second-order valence-corrected chi connectivity index (χ2v) is 4.46. The Morgan fingerprint density at radius 2 is 2.33 bits per heavy atom. The second kappa shape index (κ2) is 6.83. The van der Waals surface area contributed by atoms with E-state index in [2.05, 4.69) is 23.5 Å². The number of nitrogens with one attached hydrogen (secondary N) is 1. The minimum Gasteiger partial charge on any atom is -0.479 e. The molecule has 0 aromatic heterocycles. The fourth-order valence-corrected chi connectivity index (χ4v) is 2.10. The van der Waals surface area contributed by atoms with Crippen LogP contribution in [0.4, 0.5) is 0 Å². The molecule has 2 rings (SSSR count). The summed E-state index contributed by atoms with van der Waals surface area (Å²) in [6, 6.07) is 10.5. The predicted molar refractivity (Wildman–Crippen MR) is 71.2 cm³/mol. The Labute approximate surface area is 108 Å². The lowest BCUT2D eigenvalue weighted by Crippen LogP contribution is -2.29. The van der Waals surface area contributed by atoms with E-state index >= 15 is 0 Å². The molecule has 0 spiro atoms. The summed E-state index contributed by atoms with van der Waals surface area (Å²) in [7, 11) is 0. The first-order valence-electron chi connectivity index (χ1n) is 6.35. The lowest BCUT2D eigenvalue weighted by atomic mass is 10.0. The van der Waals surface area contributed by atoms with Crippen LogP contribution in [0.25, 0.3) is 0 Å². The molecule has 0 bridgehead atoms. The average Bonchev–Trinajstić information content (AvgIpc) is 2.44. The monoisotopic (exact) mass is 242 g/mol. The Bertz CT molecular complexity index is 448. The van der Waals surface area contributed by atoms with Gasteiger partial charge in [0.2, 0.25) is 0 Å². The molecule has 18 heavy (non-hydrogen) atoms. The van der Waals surface area contributed by atoms with Crippen LogP contribution >= 0.6 is 0 Å². The zero-order chi connectivity index (χ0) is 12.6. The summed E-state index contributed by atoms with van der Waals surface area (Å²) in [4.78, 5) is 0. The fourth-order valence-electron chi connectivity index (χ4n) is 2.10. The van der Waals surface area contributed by atoms with Crippen LogP contribution in [0.2, 0.25) is 0 Å². The minimum absolute atomic E-state index is 0.101. The number of ether oxygens (including phenoxy) is 1. The van der Waals surface area contributed by atoms with Gasteiger partial charge in [-0.25, -0.2) is 0 Å². The van der Waals surface area contributed by atoms with Crippen molar-refractivity contribution in [3.8, 4) is 11.8 Å². The van der Waals surface area contributed by atoms with E-state index in [9.17, 15) is 0 Å². The van der Waals surface area contributed by atoms with Crippen LogP contribution in [0, 0.1) is 11.3 Å². The zero-order valence-corrected chi connectivity index (χ0v) is 10.4. The molecule has 0 heterocycles. The van der Waals surface area contributed by atoms with Gasteiger partial charge in [-0.15, -0.1) is 0 Å². The van der Waals surface area contributed by atoms with Crippen LogP contribution in [-0.4, -0.2) is 12.6 Å². The third-order valence-corrected chi connectivity index (χ3v) is 3.07. The molecule has 0 radical (unpaired) electrons. The zero-order valence-electron chi connectivity index (χ0n) is 10.4. The van der Waals surface area contributed by atoms with Gasteiger partial charge in [0.05, 0.1) is 0 Å². The van der Waals surface area contributed by atoms with E-state index in [0.717, 1.165) is 18.7 Å². The highest BCUT2D eigenvalue weighted by Crippen LogP contribution is 2.15. The maximum absolute atomic E-state index is 8.48. The SMILES string of the molecule is N#CCOc1cccc(CNC2CC=CCC2)c1. The van der Waals surface area contributed by atoms with E-state index < -0.39 is 0 Å². The lowest BCUT2D eigenvalue weighted by molar-refractivity contribution is 0.367. The molecular formula is C15H18N2O. The molecule has 0 saturated carbocycles. The quantitative estimate of drug-likeness (QED) is 0.807. The predicted octanol–water partition coefficient (Wildman–Crippen LogP) is 2.79. The van der Waals surface area contributed by atoms with Crippen molar-refractivity contribution < 1.29 is 4.74 Å². The highest BCUT2D eigenvalue weighted by molar-refractivity contribution is 5.28. The van der Waals surface area contributed by atoms with Crippen molar-refractivity contribution >= 4 is 0 Å². The molecule has 1 aromatic rings. The van der Waals surface area contributed by atoms with Crippen molar-refractivity contribution in [2.75, 3.05) is 6.61 Å². The summed E-state index contributed by atoms with van der Waals surface area (Å²) in [5.41, 5.74) is 1.19. The molecule has 1 aliphatic carbocycles. The molecule has 94 valence electrons. The molecule has 3 heteroatoms. The normalized spacial score (nSPS) is 18.3. The summed E-state index contributed by atoms with van der Waals surface area (Å²) >= 11 is 0. The smallest absolute Gasteiger partial charge is 0.174 e. The molecule has 0 fully saturated rings. The first kappa shape index (κ1) is 12.7. The Kier molecular flexibility index (Phi) is 4.80. The molecule has 0 aliphatic heterocycles. The Hall–Kier alpha value is -1.79. The number of benzene rings is 1. The van der Waals surface area contributed by atoms with Crippen molar-refractivity contribution in [1.29, 1.82) is 5.26 Å². The van der Waals surface area contributed by atoms with Crippen molar-refractivity contribution in [1.82, 2.24) is 5.32 Å². The highest BCUT2D eigenvalue weighted by Gasteiger charge is 2.08. The average molecular weight is 242 g/mol. The van der Waals surface area contributed by atoms with E-state index in [4.69, 9.17) is 10.00 Å². The van der Waals surface area contributed by atoms with Crippen LogP contribution in [0.15, 0.2) is 36.4 Å². The second-order valence-electron chi connectivity index (χ2n) is 4.46. The van der Waals surface area contributed by atoms with Gasteiger partial charge in [-0.2, -0.15) is 5.26 Å². The van der Waals surface area contributed by atoms with E-state index in [-0.39, 0.29) is 6.61 Å². The van der Waals surface area contributed by atoms with Gasteiger partial charge < -0.3 is 10.1 Å². The Morgan fingerprint density at radius 3 is 3.11 bits per heavy atom. The highest BCUT2D eigenvalue weighted by atomic mass is 16.5. The summed E-state index contributed by atoms with van der Waals surface area (Å²) in [6.45, 7) is 0.951. The standard InChI is InChI=1S/C15H18N2O/c16-9-10-18-15-8-4-5-13(11-15)12-17-14-6-2-1-3-7-14/h1-2,4-5,8,11,14,17H,3,6-7,10,12H2. The lowest BCUT2D eigenvalue weighted by Gasteiger charge is -2.19. The molecule has 3 nitrogen and oxygen atoms in total. The molecule has 1 N–H and O–H groups in total. The molecule has 1 aromatic carbocycles. The Balaban J connectivity index is 1.85. The topological polar surface area (TPSA) is 45.0 Å². The van der Waals surface area contributed by atoms with Crippen LogP contribution in [0.1, 0.15) is 24.8 Å². The molecule has 0 amide bonds. The van der Waals surface area contributed by atoms with E-state index in [1.807, 2.05) is 24.3 Å². The number of hydrogen-bond acceptors (Lipinski definition) is 3. The summed E-state index contributed by atoms with van der Waals surface area (Å²) in [6.07, 6.45) is 7.98. The minimum atomic E-state index is 0.101. The fraction of sp³-hybridized carbons (Fsp3) is 0.400. The maximum atomic E-state index is 8.48. The Morgan fingerprint density at radius 1 is 1.39 bits per heavy atom. The van der Waals surface area contributed by atoms with E-state index in [1.54, 1.807) is 0 Å². The summed E-state index contributed by atoms with van der Waals surface area (Å²) < 4.78 is 5.29. The molecular weight excluding hydrogens is 224 g/mol. The summed E-state index contributed by atoms with van der Waals surface area (Å²) in [5, 5.41) is 12.0. The van der Waals surface area contributed by atoms with Gasteiger partial charge in [0.15, 0.2) is 6.61 Å². The van der Waals surface area contributed by atoms with Gasteiger partial charge in [0.25, 0.3) is 0 Å². The first-order chi connectivity index (χ1) is 8.88. The van der Waals surface area contributed by atoms with Crippen molar-refractivity contribution in [3.05, 3.63) is 42.0 Å². The first-order valence-corrected chi connectivity index (χ1v) is 6.35. The number of nitrogens with zero attached hydrogens (tertiary/aromatic N) is 1. The van der Waals surface area contributed by atoms with Crippen LogP contribution < -0.4 is 10.1 Å². The van der Waals surface area contributed by atoms with Gasteiger partial charge in [0, 0.05) is 12.6 Å². The molecule has 1 aliphatic rings. The largest absolute Gasteiger partial charge is 0.479 e.